The van der Waals surface area contributed by atoms with Gasteiger partial charge in [-0.15, -0.1) is 0 Å². The van der Waals surface area contributed by atoms with Gasteiger partial charge in [0.05, 0.1) is 17.7 Å². The van der Waals surface area contributed by atoms with Gasteiger partial charge in [-0.05, 0) is 17.5 Å². The van der Waals surface area contributed by atoms with Crippen LogP contribution in [0.1, 0.15) is 46.5 Å². The monoisotopic (exact) mass is 459 g/mol. The van der Waals surface area contributed by atoms with Gasteiger partial charge in [0.25, 0.3) is 0 Å². The second-order valence-corrected chi connectivity index (χ2v) is 9.06. The second kappa shape index (κ2) is 9.91. The molecule has 7 heteroatoms. The van der Waals surface area contributed by atoms with E-state index in [1.54, 1.807) is 6.21 Å². The highest BCUT2D eigenvalue weighted by molar-refractivity contribution is 6.14. The van der Waals surface area contributed by atoms with Crippen molar-refractivity contribution in [3.05, 3.63) is 82.6 Å². The number of piperazine rings is 1. The first kappa shape index (κ1) is 22.5. The molecule has 0 saturated carbocycles. The van der Waals surface area contributed by atoms with Crippen molar-refractivity contribution in [2.75, 3.05) is 39.3 Å². The molecule has 1 N–H and O–H groups in total. The molecule has 176 valence electrons. The summed E-state index contributed by atoms with van der Waals surface area (Å²) < 4.78 is 5.61. The topological polar surface area (TPSA) is 82.4 Å². The van der Waals surface area contributed by atoms with Crippen molar-refractivity contribution in [2.45, 2.75) is 25.0 Å². The number of fused-ring (bicyclic) bond motifs is 1. The summed E-state index contributed by atoms with van der Waals surface area (Å²) in [5, 5.41) is 10.5. The Balaban J connectivity index is 1.10. The van der Waals surface area contributed by atoms with Crippen LogP contribution in [-0.2, 0) is 9.53 Å². The normalized spacial score (nSPS) is 24.0. The Kier molecular flexibility index (Phi) is 6.56. The number of aliphatic hydroxyl groups excluding tert-OH is 1. The summed E-state index contributed by atoms with van der Waals surface area (Å²) in [5.41, 5.74) is 3.03. The van der Waals surface area contributed by atoms with Gasteiger partial charge in [-0.25, -0.2) is 4.79 Å². The van der Waals surface area contributed by atoms with E-state index in [4.69, 9.17) is 4.74 Å². The SMILES string of the molecule is O=C1CC(c2ccccc2)CC(O)=C1C=NCCN1CCN([C@H]2OC(=O)c3ccccc32)CC1. The minimum absolute atomic E-state index is 0.0215. The molecule has 1 fully saturated rings. The smallest absolute Gasteiger partial charge is 0.340 e. The summed E-state index contributed by atoms with van der Waals surface area (Å²) in [5.74, 6) is -0.147. The summed E-state index contributed by atoms with van der Waals surface area (Å²) in [6, 6.07) is 17.4. The van der Waals surface area contributed by atoms with Gasteiger partial charge in [-0.1, -0.05) is 48.5 Å². The zero-order valence-corrected chi connectivity index (χ0v) is 19.1. The molecule has 1 unspecified atom stereocenters. The number of benzene rings is 2. The van der Waals surface area contributed by atoms with Crippen molar-refractivity contribution in [1.82, 2.24) is 9.80 Å². The van der Waals surface area contributed by atoms with Crippen molar-refractivity contribution in [3.8, 4) is 0 Å². The molecule has 3 aliphatic rings. The van der Waals surface area contributed by atoms with E-state index in [1.807, 2.05) is 54.6 Å². The fourth-order valence-electron chi connectivity index (χ4n) is 4.99. The minimum atomic E-state index is -0.296. The molecule has 2 aliphatic heterocycles. The van der Waals surface area contributed by atoms with Gasteiger partial charge in [-0.2, -0.15) is 0 Å². The molecule has 2 aromatic carbocycles. The lowest BCUT2D eigenvalue weighted by Crippen LogP contribution is -2.48. The number of rotatable bonds is 6. The maximum absolute atomic E-state index is 12.6. The number of ketones is 1. The molecule has 2 aromatic rings. The molecule has 0 radical (unpaired) electrons. The van der Waals surface area contributed by atoms with Crippen LogP contribution in [0.25, 0.3) is 0 Å². The number of Topliss-reactive ketones (excluding diaryl/α,β-unsaturated/α-hetero) is 1. The van der Waals surface area contributed by atoms with Crippen LogP contribution in [0, 0.1) is 0 Å². The van der Waals surface area contributed by atoms with Crippen LogP contribution in [0.3, 0.4) is 0 Å². The average molecular weight is 460 g/mol. The summed E-state index contributed by atoms with van der Waals surface area (Å²) in [6.45, 7) is 4.67. The molecule has 1 aliphatic carbocycles. The van der Waals surface area contributed by atoms with Gasteiger partial charge < -0.3 is 9.84 Å². The van der Waals surface area contributed by atoms with Gasteiger partial charge in [0.1, 0.15) is 5.76 Å². The number of ether oxygens (including phenoxy) is 1. The molecule has 0 amide bonds. The quantitative estimate of drug-likeness (QED) is 0.526. The summed E-state index contributed by atoms with van der Waals surface area (Å²) in [7, 11) is 0. The zero-order chi connectivity index (χ0) is 23.5. The first-order valence-electron chi connectivity index (χ1n) is 11.9. The predicted molar refractivity (Wildman–Crippen MR) is 129 cm³/mol. The van der Waals surface area contributed by atoms with E-state index in [1.165, 1.54) is 0 Å². The third-order valence-electron chi connectivity index (χ3n) is 6.92. The Bertz CT molecular complexity index is 1120. The number of carbonyl (C=O) groups excluding carboxylic acids is 2. The number of esters is 1. The maximum atomic E-state index is 12.6. The Labute approximate surface area is 199 Å². The van der Waals surface area contributed by atoms with Crippen LogP contribution >= 0.6 is 0 Å². The van der Waals surface area contributed by atoms with Crippen LogP contribution < -0.4 is 0 Å². The first-order chi connectivity index (χ1) is 16.6. The number of hydrogen-bond donors (Lipinski definition) is 1. The van der Waals surface area contributed by atoms with E-state index in [-0.39, 0.29) is 29.7 Å². The summed E-state index contributed by atoms with van der Waals surface area (Å²) >= 11 is 0. The predicted octanol–water partition coefficient (Wildman–Crippen LogP) is 3.50. The molecule has 1 saturated heterocycles. The largest absolute Gasteiger partial charge is 0.511 e. The first-order valence-corrected chi connectivity index (χ1v) is 11.9. The van der Waals surface area contributed by atoms with E-state index < -0.39 is 0 Å². The minimum Gasteiger partial charge on any atom is -0.511 e. The van der Waals surface area contributed by atoms with Crippen LogP contribution in [0.15, 0.2) is 70.9 Å². The number of carbonyl (C=O) groups is 2. The lowest BCUT2D eigenvalue weighted by Gasteiger charge is -2.37. The molecular weight excluding hydrogens is 430 g/mol. The van der Waals surface area contributed by atoms with Crippen molar-refractivity contribution in [3.63, 3.8) is 0 Å². The molecule has 7 nitrogen and oxygen atoms in total. The van der Waals surface area contributed by atoms with Gasteiger partial charge in [0.15, 0.2) is 12.0 Å². The highest BCUT2D eigenvalue weighted by atomic mass is 16.6. The Morgan fingerprint density at radius 2 is 1.71 bits per heavy atom. The third-order valence-corrected chi connectivity index (χ3v) is 6.92. The lowest BCUT2D eigenvalue weighted by atomic mass is 9.83. The van der Waals surface area contributed by atoms with Crippen molar-refractivity contribution in [1.29, 1.82) is 0 Å². The number of cyclic esters (lactones) is 1. The molecule has 2 atom stereocenters. The van der Waals surface area contributed by atoms with Gasteiger partial charge >= 0.3 is 5.97 Å². The highest BCUT2D eigenvalue weighted by Crippen LogP contribution is 2.34. The summed E-state index contributed by atoms with van der Waals surface area (Å²) in [4.78, 5) is 33.7. The van der Waals surface area contributed by atoms with Crippen LogP contribution in [0.4, 0.5) is 0 Å². The molecule has 0 aromatic heterocycles. The second-order valence-electron chi connectivity index (χ2n) is 9.06. The van der Waals surface area contributed by atoms with Crippen molar-refractivity contribution < 1.29 is 19.4 Å². The van der Waals surface area contributed by atoms with Crippen LogP contribution in [0.2, 0.25) is 0 Å². The van der Waals surface area contributed by atoms with E-state index >= 15 is 0 Å². The number of aliphatic imine (C=N–C) groups is 1. The molecule has 2 heterocycles. The van der Waals surface area contributed by atoms with Gasteiger partial charge in [0, 0.05) is 57.3 Å². The van der Waals surface area contributed by atoms with Crippen LogP contribution in [-0.4, -0.2) is 72.1 Å². The molecule has 5 rings (SSSR count). The molecule has 34 heavy (non-hydrogen) atoms. The Hall–Kier alpha value is -3.29. The molecule has 0 spiro atoms. The van der Waals surface area contributed by atoms with Gasteiger partial charge in [-0.3, -0.25) is 19.6 Å². The number of hydrogen-bond acceptors (Lipinski definition) is 7. The van der Waals surface area contributed by atoms with E-state index in [0.717, 1.165) is 43.9 Å². The van der Waals surface area contributed by atoms with E-state index in [0.29, 0.717) is 30.5 Å². The van der Waals surface area contributed by atoms with Crippen molar-refractivity contribution in [2.24, 2.45) is 4.99 Å². The van der Waals surface area contributed by atoms with Crippen molar-refractivity contribution >= 4 is 18.0 Å². The molecular formula is C27H29N3O4. The lowest BCUT2D eigenvalue weighted by molar-refractivity contribution is -0.116. The van der Waals surface area contributed by atoms with Gasteiger partial charge in [0.2, 0.25) is 0 Å². The number of aliphatic hydroxyl groups is 1. The standard InChI is InChI=1S/C27H29N3O4/c31-24-16-20(19-6-2-1-3-7-19)17-25(32)23(24)18-28-10-11-29-12-14-30(15-13-29)26-21-8-4-5-9-22(21)27(33)34-26/h1-9,18,20,26,31H,10-17H2/t20?,26-/m0/s1. The number of allylic oxidation sites excluding steroid dienone is 2. The molecule has 0 bridgehead atoms. The van der Waals surface area contributed by atoms with Crippen LogP contribution in [0.5, 0.6) is 0 Å². The maximum Gasteiger partial charge on any atom is 0.340 e. The van der Waals surface area contributed by atoms with E-state index in [9.17, 15) is 14.7 Å². The average Bonchev–Trinajstić information content (AvgIpc) is 3.20. The third kappa shape index (κ3) is 4.67. The Morgan fingerprint density at radius 1 is 0.971 bits per heavy atom. The summed E-state index contributed by atoms with van der Waals surface area (Å²) in [6.07, 6.45) is 2.11. The highest BCUT2D eigenvalue weighted by Gasteiger charge is 2.36. The fraction of sp³-hybridized carbons (Fsp3) is 0.370. The number of nitrogens with zero attached hydrogens (tertiary/aromatic N) is 3. The van der Waals surface area contributed by atoms with E-state index in [2.05, 4.69) is 14.8 Å². The Morgan fingerprint density at radius 3 is 2.47 bits per heavy atom. The zero-order valence-electron chi connectivity index (χ0n) is 19.1. The fourth-order valence-corrected chi connectivity index (χ4v) is 4.99.